The van der Waals surface area contributed by atoms with Crippen LogP contribution in [0.2, 0.25) is 0 Å². The number of hydrogen-bond acceptors (Lipinski definition) is 6. The number of carbonyl (C=O) groups excluding carboxylic acids is 1. The van der Waals surface area contributed by atoms with Crippen molar-refractivity contribution in [3.05, 3.63) is 59.0 Å². The number of thiazole rings is 1. The molecular formula is C22H23N3O3S. The van der Waals surface area contributed by atoms with Gasteiger partial charge in [0.2, 0.25) is 5.91 Å². The van der Waals surface area contributed by atoms with Crippen LogP contribution < -0.4 is 14.8 Å². The van der Waals surface area contributed by atoms with E-state index in [0.717, 1.165) is 36.5 Å². The van der Waals surface area contributed by atoms with Crippen LogP contribution in [0.25, 0.3) is 11.3 Å². The minimum absolute atomic E-state index is 0.0491. The number of anilines is 1. The van der Waals surface area contributed by atoms with Gasteiger partial charge in [-0.25, -0.2) is 4.98 Å². The van der Waals surface area contributed by atoms with Crippen molar-refractivity contribution < 1.29 is 14.3 Å². The van der Waals surface area contributed by atoms with Gasteiger partial charge in [-0.2, -0.15) is 0 Å². The molecule has 0 fully saturated rings. The van der Waals surface area contributed by atoms with E-state index in [9.17, 15) is 4.79 Å². The van der Waals surface area contributed by atoms with Gasteiger partial charge in [0.1, 0.15) is 11.5 Å². The van der Waals surface area contributed by atoms with E-state index in [0.29, 0.717) is 17.4 Å². The zero-order valence-electron chi connectivity index (χ0n) is 16.5. The van der Waals surface area contributed by atoms with Crippen LogP contribution in [0.1, 0.15) is 11.1 Å². The Morgan fingerprint density at radius 2 is 2.00 bits per heavy atom. The lowest BCUT2D eigenvalue weighted by atomic mass is 10.00. The molecule has 1 N–H and O–H groups in total. The summed E-state index contributed by atoms with van der Waals surface area (Å²) in [5.74, 6) is 1.35. The minimum Gasteiger partial charge on any atom is -0.497 e. The molecule has 1 aliphatic rings. The molecule has 1 aromatic heterocycles. The van der Waals surface area contributed by atoms with Crippen LogP contribution in [0.3, 0.4) is 0 Å². The summed E-state index contributed by atoms with van der Waals surface area (Å²) in [6, 6.07) is 14.0. The van der Waals surface area contributed by atoms with E-state index >= 15 is 0 Å². The van der Waals surface area contributed by atoms with Gasteiger partial charge in [-0.15, -0.1) is 11.3 Å². The smallest absolute Gasteiger partial charge is 0.240 e. The predicted molar refractivity (Wildman–Crippen MR) is 115 cm³/mol. The minimum atomic E-state index is -0.0491. The van der Waals surface area contributed by atoms with E-state index in [4.69, 9.17) is 9.47 Å². The Morgan fingerprint density at radius 1 is 1.17 bits per heavy atom. The lowest BCUT2D eigenvalue weighted by molar-refractivity contribution is -0.117. The first-order valence-corrected chi connectivity index (χ1v) is 10.3. The molecule has 0 spiro atoms. The Labute approximate surface area is 174 Å². The SMILES string of the molecule is COc1ccc(-c2csc(NC(=O)CN3CCc4ccccc4C3)n2)c(OC)c1. The number of benzene rings is 2. The molecule has 29 heavy (non-hydrogen) atoms. The standard InChI is InChI=1S/C22H23N3O3S/c1-27-17-7-8-18(20(11-17)28-2)19-14-29-22(23-19)24-21(26)13-25-10-9-15-5-3-4-6-16(15)12-25/h3-8,11,14H,9-10,12-13H2,1-2H3,(H,23,24,26). The number of methoxy groups -OCH3 is 2. The van der Waals surface area contributed by atoms with Crippen molar-refractivity contribution in [1.29, 1.82) is 0 Å². The number of nitrogens with zero attached hydrogens (tertiary/aromatic N) is 2. The highest BCUT2D eigenvalue weighted by Crippen LogP contribution is 2.34. The van der Waals surface area contributed by atoms with Gasteiger partial charge < -0.3 is 14.8 Å². The molecule has 7 heteroatoms. The molecule has 0 radical (unpaired) electrons. The fourth-order valence-electron chi connectivity index (χ4n) is 3.52. The highest BCUT2D eigenvalue weighted by atomic mass is 32.1. The van der Waals surface area contributed by atoms with E-state index in [2.05, 4.69) is 33.4 Å². The quantitative estimate of drug-likeness (QED) is 0.671. The van der Waals surface area contributed by atoms with Gasteiger partial charge in [0, 0.05) is 30.1 Å². The Kier molecular flexibility index (Phi) is 5.78. The first-order chi connectivity index (χ1) is 14.2. The first kappa shape index (κ1) is 19.4. The highest BCUT2D eigenvalue weighted by Gasteiger charge is 2.19. The average molecular weight is 410 g/mol. The van der Waals surface area contributed by atoms with Crippen molar-refractivity contribution in [2.75, 3.05) is 32.6 Å². The lowest BCUT2D eigenvalue weighted by Crippen LogP contribution is -2.37. The lowest BCUT2D eigenvalue weighted by Gasteiger charge is -2.27. The van der Waals surface area contributed by atoms with Crippen molar-refractivity contribution in [2.45, 2.75) is 13.0 Å². The van der Waals surface area contributed by atoms with Crippen LogP contribution in [0.5, 0.6) is 11.5 Å². The van der Waals surface area contributed by atoms with Crippen LogP contribution in [0.4, 0.5) is 5.13 Å². The molecule has 0 bridgehead atoms. The first-order valence-electron chi connectivity index (χ1n) is 9.43. The molecule has 2 aromatic carbocycles. The molecular weight excluding hydrogens is 386 g/mol. The molecule has 1 amide bonds. The van der Waals surface area contributed by atoms with Crippen LogP contribution >= 0.6 is 11.3 Å². The molecule has 4 rings (SSSR count). The van der Waals surface area contributed by atoms with Gasteiger partial charge in [-0.1, -0.05) is 24.3 Å². The largest absolute Gasteiger partial charge is 0.497 e. The number of ether oxygens (including phenoxy) is 2. The molecule has 150 valence electrons. The summed E-state index contributed by atoms with van der Waals surface area (Å²) in [5, 5.41) is 5.42. The van der Waals surface area contributed by atoms with Crippen LogP contribution in [-0.2, 0) is 17.8 Å². The molecule has 6 nitrogen and oxygen atoms in total. The number of aromatic nitrogens is 1. The second kappa shape index (κ2) is 8.63. The third kappa shape index (κ3) is 4.41. The third-order valence-corrected chi connectivity index (χ3v) is 5.77. The van der Waals surface area contributed by atoms with Gasteiger partial charge in [-0.05, 0) is 29.7 Å². The summed E-state index contributed by atoms with van der Waals surface area (Å²) in [4.78, 5) is 19.2. The average Bonchev–Trinajstić information content (AvgIpc) is 3.21. The van der Waals surface area contributed by atoms with Crippen molar-refractivity contribution in [3.63, 3.8) is 0 Å². The molecule has 3 aromatic rings. The number of rotatable bonds is 6. The second-order valence-electron chi connectivity index (χ2n) is 6.88. The molecule has 2 heterocycles. The fourth-order valence-corrected chi connectivity index (χ4v) is 4.24. The van der Waals surface area contributed by atoms with E-state index in [1.807, 2.05) is 29.6 Å². The van der Waals surface area contributed by atoms with Crippen molar-refractivity contribution in [3.8, 4) is 22.8 Å². The van der Waals surface area contributed by atoms with E-state index in [1.54, 1.807) is 14.2 Å². The van der Waals surface area contributed by atoms with Crippen LogP contribution in [0, 0.1) is 0 Å². The van der Waals surface area contributed by atoms with Crippen molar-refractivity contribution in [2.24, 2.45) is 0 Å². The van der Waals surface area contributed by atoms with E-state index in [1.165, 1.54) is 22.5 Å². The highest BCUT2D eigenvalue weighted by molar-refractivity contribution is 7.14. The molecule has 0 unspecified atom stereocenters. The van der Waals surface area contributed by atoms with Crippen LogP contribution in [0.15, 0.2) is 47.8 Å². The van der Waals surface area contributed by atoms with E-state index in [-0.39, 0.29) is 5.91 Å². The summed E-state index contributed by atoms with van der Waals surface area (Å²) >= 11 is 1.40. The Bertz CT molecular complexity index is 1020. The number of amides is 1. The van der Waals surface area contributed by atoms with Gasteiger partial charge in [0.15, 0.2) is 5.13 Å². The number of fused-ring (bicyclic) bond motifs is 1. The number of hydrogen-bond donors (Lipinski definition) is 1. The summed E-state index contributed by atoms with van der Waals surface area (Å²) in [6.07, 6.45) is 0.974. The summed E-state index contributed by atoms with van der Waals surface area (Å²) < 4.78 is 10.7. The zero-order chi connectivity index (χ0) is 20.2. The maximum absolute atomic E-state index is 12.5. The third-order valence-electron chi connectivity index (χ3n) is 5.01. The maximum Gasteiger partial charge on any atom is 0.240 e. The van der Waals surface area contributed by atoms with Gasteiger partial charge >= 0.3 is 0 Å². The molecule has 0 aliphatic carbocycles. The van der Waals surface area contributed by atoms with Gasteiger partial charge in [0.05, 0.1) is 26.5 Å². The predicted octanol–water partition coefficient (Wildman–Crippen LogP) is 3.82. The Hall–Kier alpha value is -2.90. The fraction of sp³-hybridized carbons (Fsp3) is 0.273. The summed E-state index contributed by atoms with van der Waals surface area (Å²) in [6.45, 7) is 2.04. The van der Waals surface area contributed by atoms with Crippen molar-refractivity contribution >= 4 is 22.4 Å². The second-order valence-corrected chi connectivity index (χ2v) is 7.74. The molecule has 0 atom stereocenters. The molecule has 1 aliphatic heterocycles. The number of nitrogens with one attached hydrogen (secondary N) is 1. The maximum atomic E-state index is 12.5. The summed E-state index contributed by atoms with van der Waals surface area (Å²) in [5.41, 5.74) is 4.30. The Balaban J connectivity index is 1.40. The monoisotopic (exact) mass is 409 g/mol. The van der Waals surface area contributed by atoms with Gasteiger partial charge in [0.25, 0.3) is 0 Å². The Morgan fingerprint density at radius 3 is 2.79 bits per heavy atom. The van der Waals surface area contributed by atoms with E-state index < -0.39 is 0 Å². The topological polar surface area (TPSA) is 63.7 Å². The normalized spacial score (nSPS) is 13.6. The zero-order valence-corrected chi connectivity index (χ0v) is 17.3. The van der Waals surface area contributed by atoms with Gasteiger partial charge in [-0.3, -0.25) is 9.69 Å². The van der Waals surface area contributed by atoms with Crippen molar-refractivity contribution in [1.82, 2.24) is 9.88 Å². The van der Waals surface area contributed by atoms with Crippen LogP contribution in [-0.4, -0.2) is 43.1 Å². The molecule has 0 saturated carbocycles. The molecule has 0 saturated heterocycles. The number of carbonyl (C=O) groups is 1. The summed E-state index contributed by atoms with van der Waals surface area (Å²) in [7, 11) is 3.23.